The molecule has 2 heterocycles. The largest absolute Gasteiger partial charge is 0.462 e. The third-order valence-corrected chi connectivity index (χ3v) is 4.92. The van der Waals surface area contributed by atoms with Crippen LogP contribution < -0.4 is 5.32 Å². The number of aromatic nitrogens is 1. The second kappa shape index (κ2) is 6.43. The van der Waals surface area contributed by atoms with Gasteiger partial charge in [0.2, 0.25) is 0 Å². The number of aryl methyl sites for hydroxylation is 1. The Labute approximate surface area is 116 Å². The first-order valence-corrected chi connectivity index (χ1v) is 8.12. The van der Waals surface area contributed by atoms with Gasteiger partial charge in [0.15, 0.2) is 0 Å². The summed E-state index contributed by atoms with van der Waals surface area (Å²) < 4.78 is 9.34. The summed E-state index contributed by atoms with van der Waals surface area (Å²) in [4.78, 5) is 11.9. The molecule has 6 heteroatoms. The second-order valence-electron chi connectivity index (χ2n) is 4.25. The second-order valence-corrected chi connectivity index (χ2v) is 6.17. The van der Waals surface area contributed by atoms with E-state index in [4.69, 9.17) is 4.74 Å². The average Bonchev–Trinajstić information content (AvgIpc) is 2.72. The van der Waals surface area contributed by atoms with Crippen molar-refractivity contribution in [2.24, 2.45) is 0 Å². The quantitative estimate of drug-likeness (QED) is 0.862. The number of esters is 1. The highest BCUT2D eigenvalue weighted by Gasteiger charge is 2.22. The maximum atomic E-state index is 11.9. The summed E-state index contributed by atoms with van der Waals surface area (Å²) in [5.74, 6) is 2.07. The normalized spacial score (nSPS) is 19.6. The van der Waals surface area contributed by atoms with Gasteiger partial charge in [-0.1, -0.05) is 0 Å². The standard InChI is InChI=1S/C12H18N2O2S2/c1-3-16-12(15)10-8(2)14-18-11(10)13-9-5-4-6-17-7-9/h9,13H,3-7H2,1-2H3. The zero-order valence-electron chi connectivity index (χ0n) is 10.7. The molecule has 0 radical (unpaired) electrons. The molecule has 0 bridgehead atoms. The predicted octanol–water partition coefficient (Wildman–Crippen LogP) is 2.94. The van der Waals surface area contributed by atoms with Crippen molar-refractivity contribution < 1.29 is 9.53 Å². The molecule has 1 aliphatic heterocycles. The average molecular weight is 286 g/mol. The van der Waals surface area contributed by atoms with Crippen molar-refractivity contribution in [2.75, 3.05) is 23.4 Å². The number of hydrogen-bond donors (Lipinski definition) is 1. The van der Waals surface area contributed by atoms with E-state index < -0.39 is 0 Å². The Hall–Kier alpha value is -0.750. The van der Waals surface area contributed by atoms with E-state index in [1.165, 1.54) is 23.7 Å². The number of thioether (sulfide) groups is 1. The molecule has 1 aliphatic rings. The van der Waals surface area contributed by atoms with Gasteiger partial charge in [-0.15, -0.1) is 0 Å². The van der Waals surface area contributed by atoms with Gasteiger partial charge in [-0.2, -0.15) is 16.1 Å². The minimum Gasteiger partial charge on any atom is -0.462 e. The summed E-state index contributed by atoms with van der Waals surface area (Å²) >= 11 is 3.31. The molecule has 1 saturated heterocycles. The van der Waals surface area contributed by atoms with Crippen molar-refractivity contribution in [1.82, 2.24) is 4.37 Å². The Balaban J connectivity index is 2.09. The summed E-state index contributed by atoms with van der Waals surface area (Å²) in [7, 11) is 0. The van der Waals surface area contributed by atoms with Gasteiger partial charge < -0.3 is 10.1 Å². The van der Waals surface area contributed by atoms with Crippen LogP contribution >= 0.6 is 23.3 Å². The molecule has 1 N–H and O–H groups in total. The highest BCUT2D eigenvalue weighted by atomic mass is 32.2. The molecule has 0 aliphatic carbocycles. The van der Waals surface area contributed by atoms with E-state index in [0.717, 1.165) is 22.9 Å². The first kappa shape index (κ1) is 13.7. The van der Waals surface area contributed by atoms with Crippen LogP contribution in [-0.4, -0.2) is 34.5 Å². The topological polar surface area (TPSA) is 51.2 Å². The molecule has 0 amide bonds. The smallest absolute Gasteiger partial charge is 0.343 e. The van der Waals surface area contributed by atoms with Crippen LogP contribution in [-0.2, 0) is 4.74 Å². The van der Waals surface area contributed by atoms with Gasteiger partial charge >= 0.3 is 5.97 Å². The van der Waals surface area contributed by atoms with Gasteiger partial charge in [0.05, 0.1) is 12.3 Å². The number of carbonyl (C=O) groups excluding carboxylic acids is 1. The molecule has 4 nitrogen and oxygen atoms in total. The van der Waals surface area contributed by atoms with Gasteiger partial charge in [0.1, 0.15) is 10.6 Å². The lowest BCUT2D eigenvalue weighted by atomic mass is 10.2. The van der Waals surface area contributed by atoms with Crippen LogP contribution in [0.3, 0.4) is 0 Å². The van der Waals surface area contributed by atoms with E-state index in [1.807, 2.05) is 25.6 Å². The van der Waals surface area contributed by atoms with Crippen molar-refractivity contribution in [1.29, 1.82) is 0 Å². The Morgan fingerprint density at radius 3 is 3.11 bits per heavy atom. The fourth-order valence-electron chi connectivity index (χ4n) is 1.95. The van der Waals surface area contributed by atoms with Gasteiger partial charge in [-0.25, -0.2) is 4.79 Å². The van der Waals surface area contributed by atoms with Crippen LogP contribution in [0.1, 0.15) is 35.8 Å². The summed E-state index contributed by atoms with van der Waals surface area (Å²) in [5.41, 5.74) is 1.36. The third-order valence-electron chi connectivity index (χ3n) is 2.84. The molecule has 1 aromatic heterocycles. The lowest BCUT2D eigenvalue weighted by Crippen LogP contribution is -2.26. The monoisotopic (exact) mass is 286 g/mol. The SMILES string of the molecule is CCOC(=O)c1c(C)nsc1NC1CCCSC1. The lowest BCUT2D eigenvalue weighted by molar-refractivity contribution is 0.0527. The van der Waals surface area contributed by atoms with Crippen LogP contribution in [0.25, 0.3) is 0 Å². The van der Waals surface area contributed by atoms with E-state index in [9.17, 15) is 4.79 Å². The molecule has 18 heavy (non-hydrogen) atoms. The molecule has 1 atom stereocenters. The van der Waals surface area contributed by atoms with Crippen molar-refractivity contribution in [2.45, 2.75) is 32.7 Å². The maximum Gasteiger partial charge on any atom is 0.343 e. The zero-order chi connectivity index (χ0) is 13.0. The molecular formula is C12H18N2O2S2. The molecule has 100 valence electrons. The van der Waals surface area contributed by atoms with Crippen molar-refractivity contribution >= 4 is 34.3 Å². The number of hydrogen-bond acceptors (Lipinski definition) is 6. The molecule has 1 aromatic rings. The summed E-state index contributed by atoms with van der Waals surface area (Å²) in [5, 5.41) is 4.30. The fourth-order valence-corrected chi connectivity index (χ4v) is 3.89. The molecule has 0 saturated carbocycles. The Morgan fingerprint density at radius 1 is 1.61 bits per heavy atom. The van der Waals surface area contributed by atoms with Crippen LogP contribution in [0.15, 0.2) is 0 Å². The molecule has 0 aromatic carbocycles. The molecular weight excluding hydrogens is 268 g/mol. The van der Waals surface area contributed by atoms with Crippen molar-refractivity contribution in [3.05, 3.63) is 11.3 Å². The van der Waals surface area contributed by atoms with E-state index in [1.54, 1.807) is 0 Å². The zero-order valence-corrected chi connectivity index (χ0v) is 12.3. The number of ether oxygens (including phenoxy) is 1. The van der Waals surface area contributed by atoms with E-state index in [0.29, 0.717) is 18.2 Å². The number of nitrogens with one attached hydrogen (secondary N) is 1. The highest BCUT2D eigenvalue weighted by Crippen LogP contribution is 2.28. The van der Waals surface area contributed by atoms with Gasteiger partial charge in [-0.05, 0) is 44.0 Å². The Kier molecular flexibility index (Phi) is 4.88. The number of carbonyl (C=O) groups is 1. The maximum absolute atomic E-state index is 11.9. The lowest BCUT2D eigenvalue weighted by Gasteiger charge is -2.22. The van der Waals surface area contributed by atoms with E-state index in [-0.39, 0.29) is 5.97 Å². The Bertz CT molecular complexity index is 414. The fraction of sp³-hybridized carbons (Fsp3) is 0.667. The van der Waals surface area contributed by atoms with Gasteiger partial charge in [-0.3, -0.25) is 0 Å². The summed E-state index contributed by atoms with van der Waals surface area (Å²) in [6.07, 6.45) is 2.39. The van der Waals surface area contributed by atoms with Crippen molar-refractivity contribution in [3.8, 4) is 0 Å². The minimum absolute atomic E-state index is 0.269. The third kappa shape index (κ3) is 3.17. The van der Waals surface area contributed by atoms with Crippen LogP contribution in [0.4, 0.5) is 5.00 Å². The summed E-state index contributed by atoms with van der Waals surface area (Å²) in [6, 6.07) is 0.441. The first-order chi connectivity index (χ1) is 8.72. The molecule has 2 rings (SSSR count). The minimum atomic E-state index is -0.269. The molecule has 1 fully saturated rings. The Morgan fingerprint density at radius 2 is 2.44 bits per heavy atom. The predicted molar refractivity (Wildman–Crippen MR) is 76.8 cm³/mol. The van der Waals surface area contributed by atoms with Gasteiger partial charge in [0.25, 0.3) is 0 Å². The highest BCUT2D eigenvalue weighted by molar-refractivity contribution is 7.99. The van der Waals surface area contributed by atoms with Crippen LogP contribution in [0, 0.1) is 6.92 Å². The number of nitrogens with zero attached hydrogens (tertiary/aromatic N) is 1. The number of rotatable bonds is 4. The van der Waals surface area contributed by atoms with Crippen LogP contribution in [0.5, 0.6) is 0 Å². The van der Waals surface area contributed by atoms with E-state index >= 15 is 0 Å². The number of anilines is 1. The van der Waals surface area contributed by atoms with Crippen molar-refractivity contribution in [3.63, 3.8) is 0 Å². The van der Waals surface area contributed by atoms with Crippen LogP contribution in [0.2, 0.25) is 0 Å². The van der Waals surface area contributed by atoms with E-state index in [2.05, 4.69) is 9.69 Å². The molecule has 1 unspecified atom stereocenters. The molecule has 0 spiro atoms. The first-order valence-electron chi connectivity index (χ1n) is 6.20. The van der Waals surface area contributed by atoms with Gasteiger partial charge in [0, 0.05) is 11.8 Å². The summed E-state index contributed by atoms with van der Waals surface area (Å²) in [6.45, 7) is 4.06.